The highest BCUT2D eigenvalue weighted by molar-refractivity contribution is 5.94. The van der Waals surface area contributed by atoms with Gasteiger partial charge in [-0.15, -0.1) is 0 Å². The van der Waals surface area contributed by atoms with Gasteiger partial charge in [-0.25, -0.2) is 0 Å². The summed E-state index contributed by atoms with van der Waals surface area (Å²) in [6.45, 7) is 3.72. The molecule has 1 amide bonds. The van der Waals surface area contributed by atoms with E-state index in [2.05, 4.69) is 22.3 Å². The van der Waals surface area contributed by atoms with E-state index < -0.39 is 0 Å². The lowest BCUT2D eigenvalue weighted by Gasteiger charge is -2.31. The molecule has 3 aromatic rings. The lowest BCUT2D eigenvalue weighted by atomic mass is 10.1. The fourth-order valence-corrected chi connectivity index (χ4v) is 3.79. The third-order valence-corrected chi connectivity index (χ3v) is 5.38. The Bertz CT molecular complexity index is 943. The molecule has 0 radical (unpaired) electrons. The number of nitrogens with one attached hydrogen (secondary N) is 1. The van der Waals surface area contributed by atoms with Crippen molar-refractivity contribution in [3.63, 3.8) is 0 Å². The number of furan rings is 1. The molecule has 1 aliphatic heterocycles. The Morgan fingerprint density at radius 2 is 1.97 bits per heavy atom. The number of piperidine rings is 1. The maximum atomic E-state index is 12.2. The Balaban J connectivity index is 1.27. The van der Waals surface area contributed by atoms with E-state index in [9.17, 15) is 4.79 Å². The van der Waals surface area contributed by atoms with E-state index in [0.29, 0.717) is 18.7 Å². The molecule has 0 saturated carbocycles. The number of hydrogen-bond acceptors (Lipinski definition) is 5. The molecule has 2 heterocycles. The van der Waals surface area contributed by atoms with Crippen molar-refractivity contribution in [2.75, 3.05) is 33.4 Å². The second kappa shape index (κ2) is 9.78. The van der Waals surface area contributed by atoms with Crippen molar-refractivity contribution >= 4 is 16.9 Å². The predicted octanol–water partition coefficient (Wildman–Crippen LogP) is 3.85. The van der Waals surface area contributed by atoms with Gasteiger partial charge < -0.3 is 19.2 Å². The standard InChI is InChI=1S/C24H28N2O4/c1-28-14-11-25-24(27)19-6-4-7-21(16-19)29-20-9-12-26(13-10-20)17-22-15-18-5-2-3-8-23(18)30-22/h2-8,15-16,20H,9-14,17H2,1H3,(H,25,27). The summed E-state index contributed by atoms with van der Waals surface area (Å²) in [6, 6.07) is 17.6. The number of rotatable bonds is 8. The van der Waals surface area contributed by atoms with Crippen LogP contribution in [0.3, 0.4) is 0 Å². The first-order valence-electron chi connectivity index (χ1n) is 10.4. The minimum absolute atomic E-state index is 0.113. The molecule has 1 aliphatic rings. The van der Waals surface area contributed by atoms with E-state index >= 15 is 0 Å². The fourth-order valence-electron chi connectivity index (χ4n) is 3.79. The zero-order valence-electron chi connectivity index (χ0n) is 17.3. The van der Waals surface area contributed by atoms with Gasteiger partial charge in [0.2, 0.25) is 0 Å². The number of nitrogens with zero attached hydrogens (tertiary/aromatic N) is 1. The number of carbonyl (C=O) groups excluding carboxylic acids is 1. The van der Waals surface area contributed by atoms with Crippen LogP contribution in [0, 0.1) is 0 Å². The second-order valence-electron chi connectivity index (χ2n) is 7.62. The van der Waals surface area contributed by atoms with E-state index in [0.717, 1.165) is 55.0 Å². The highest BCUT2D eigenvalue weighted by Crippen LogP contribution is 2.24. The van der Waals surface area contributed by atoms with Crippen LogP contribution in [-0.4, -0.2) is 50.3 Å². The Morgan fingerprint density at radius 3 is 2.77 bits per heavy atom. The van der Waals surface area contributed by atoms with Crippen LogP contribution in [0.2, 0.25) is 0 Å². The highest BCUT2D eigenvalue weighted by Gasteiger charge is 2.22. The van der Waals surface area contributed by atoms with Crippen LogP contribution in [0.15, 0.2) is 59.0 Å². The molecule has 158 valence electrons. The van der Waals surface area contributed by atoms with Crippen molar-refractivity contribution in [1.82, 2.24) is 10.2 Å². The molecule has 1 saturated heterocycles. The Morgan fingerprint density at radius 1 is 1.13 bits per heavy atom. The van der Waals surface area contributed by atoms with Crippen LogP contribution in [0.5, 0.6) is 5.75 Å². The summed E-state index contributed by atoms with van der Waals surface area (Å²) in [7, 11) is 1.61. The van der Waals surface area contributed by atoms with E-state index in [4.69, 9.17) is 13.9 Å². The average molecular weight is 408 g/mol. The molecule has 2 aromatic carbocycles. The summed E-state index contributed by atoms with van der Waals surface area (Å²) >= 11 is 0. The zero-order chi connectivity index (χ0) is 20.8. The smallest absolute Gasteiger partial charge is 0.251 e. The van der Waals surface area contributed by atoms with Crippen LogP contribution >= 0.6 is 0 Å². The molecule has 1 fully saturated rings. The van der Waals surface area contributed by atoms with Gasteiger partial charge in [0, 0.05) is 37.7 Å². The van der Waals surface area contributed by atoms with Gasteiger partial charge in [0.25, 0.3) is 5.91 Å². The summed E-state index contributed by atoms with van der Waals surface area (Å²) < 4.78 is 17.1. The van der Waals surface area contributed by atoms with E-state index in [1.54, 1.807) is 13.2 Å². The number of methoxy groups -OCH3 is 1. The SMILES string of the molecule is COCCNC(=O)c1cccc(OC2CCN(Cc3cc4ccccc4o3)CC2)c1. The normalized spacial score (nSPS) is 15.4. The number of amides is 1. The van der Waals surface area contributed by atoms with Crippen LogP contribution in [-0.2, 0) is 11.3 Å². The van der Waals surface area contributed by atoms with Crippen molar-refractivity contribution in [2.45, 2.75) is 25.5 Å². The second-order valence-corrected chi connectivity index (χ2v) is 7.62. The number of benzene rings is 2. The van der Waals surface area contributed by atoms with Gasteiger partial charge in [0.1, 0.15) is 23.2 Å². The lowest BCUT2D eigenvalue weighted by molar-refractivity contribution is 0.0912. The summed E-state index contributed by atoms with van der Waals surface area (Å²) in [5, 5.41) is 3.98. The third kappa shape index (κ3) is 5.20. The van der Waals surface area contributed by atoms with E-state index in [1.165, 1.54) is 0 Å². The Kier molecular flexibility index (Phi) is 6.67. The van der Waals surface area contributed by atoms with Crippen LogP contribution in [0.1, 0.15) is 29.0 Å². The van der Waals surface area contributed by atoms with Gasteiger partial charge in [0.05, 0.1) is 13.2 Å². The Hall–Kier alpha value is -2.83. The van der Waals surface area contributed by atoms with Crippen molar-refractivity contribution in [3.05, 3.63) is 65.9 Å². The summed E-state index contributed by atoms with van der Waals surface area (Å²) in [5.74, 6) is 1.63. The molecule has 0 unspecified atom stereocenters. The molecule has 6 heteroatoms. The molecule has 0 atom stereocenters. The minimum Gasteiger partial charge on any atom is -0.490 e. The number of para-hydroxylation sites is 1. The van der Waals surface area contributed by atoms with Crippen molar-refractivity contribution in [3.8, 4) is 5.75 Å². The van der Waals surface area contributed by atoms with Gasteiger partial charge in [-0.05, 0) is 43.2 Å². The van der Waals surface area contributed by atoms with Crippen LogP contribution in [0.25, 0.3) is 11.0 Å². The molecule has 0 bridgehead atoms. The summed E-state index contributed by atoms with van der Waals surface area (Å²) in [6.07, 6.45) is 2.05. The maximum absolute atomic E-state index is 12.2. The van der Waals surface area contributed by atoms with Gasteiger partial charge >= 0.3 is 0 Å². The average Bonchev–Trinajstić information content (AvgIpc) is 3.18. The molecule has 0 spiro atoms. The Labute approximate surface area is 176 Å². The van der Waals surface area contributed by atoms with Gasteiger partial charge in [-0.1, -0.05) is 24.3 Å². The lowest BCUT2D eigenvalue weighted by Crippen LogP contribution is -2.37. The number of ether oxygens (including phenoxy) is 2. The van der Waals surface area contributed by atoms with E-state index in [1.807, 2.05) is 36.4 Å². The molecular formula is C24H28N2O4. The van der Waals surface area contributed by atoms with Crippen LogP contribution < -0.4 is 10.1 Å². The number of fused-ring (bicyclic) bond motifs is 1. The highest BCUT2D eigenvalue weighted by atomic mass is 16.5. The van der Waals surface area contributed by atoms with E-state index in [-0.39, 0.29) is 12.0 Å². The summed E-state index contributed by atoms with van der Waals surface area (Å²) in [5.41, 5.74) is 1.54. The number of hydrogen-bond donors (Lipinski definition) is 1. The largest absolute Gasteiger partial charge is 0.490 e. The topological polar surface area (TPSA) is 63.9 Å². The molecule has 30 heavy (non-hydrogen) atoms. The molecule has 4 rings (SSSR count). The van der Waals surface area contributed by atoms with Gasteiger partial charge in [0.15, 0.2) is 0 Å². The minimum atomic E-state index is -0.113. The number of carbonyl (C=O) groups is 1. The third-order valence-electron chi connectivity index (χ3n) is 5.38. The van der Waals surface area contributed by atoms with Crippen molar-refractivity contribution < 1.29 is 18.7 Å². The maximum Gasteiger partial charge on any atom is 0.251 e. The summed E-state index contributed by atoms with van der Waals surface area (Å²) in [4.78, 5) is 14.6. The quantitative estimate of drug-likeness (QED) is 0.574. The molecule has 0 aliphatic carbocycles. The monoisotopic (exact) mass is 408 g/mol. The fraction of sp³-hybridized carbons (Fsp3) is 0.375. The number of likely N-dealkylation sites (tertiary alicyclic amines) is 1. The first kappa shape index (κ1) is 20.4. The predicted molar refractivity (Wildman–Crippen MR) is 116 cm³/mol. The van der Waals surface area contributed by atoms with Gasteiger partial charge in [-0.2, -0.15) is 0 Å². The first-order valence-corrected chi connectivity index (χ1v) is 10.4. The first-order chi connectivity index (χ1) is 14.7. The molecular weight excluding hydrogens is 380 g/mol. The van der Waals surface area contributed by atoms with Crippen molar-refractivity contribution in [2.24, 2.45) is 0 Å². The molecule has 1 N–H and O–H groups in total. The van der Waals surface area contributed by atoms with Gasteiger partial charge in [-0.3, -0.25) is 9.69 Å². The zero-order valence-corrected chi connectivity index (χ0v) is 17.3. The molecule has 6 nitrogen and oxygen atoms in total. The van der Waals surface area contributed by atoms with Crippen LogP contribution in [0.4, 0.5) is 0 Å². The van der Waals surface area contributed by atoms with Crippen molar-refractivity contribution in [1.29, 1.82) is 0 Å². The molecule has 1 aromatic heterocycles.